The number of carboxylic acids is 1. The molecule has 0 unspecified atom stereocenters. The lowest BCUT2D eigenvalue weighted by atomic mass is 10.3. The largest absolute Gasteiger partial charge is 0.481 e. The normalized spacial score (nSPS) is 18.1. The average Bonchev–Trinajstić information content (AvgIpc) is 2.26. The van der Waals surface area contributed by atoms with Crippen molar-refractivity contribution >= 4 is 27.7 Å². The van der Waals surface area contributed by atoms with E-state index in [2.05, 4.69) is 0 Å². The van der Waals surface area contributed by atoms with Gasteiger partial charge in [0.2, 0.25) is 5.91 Å². The molecule has 1 rings (SSSR count). The number of sulfone groups is 1. The number of aliphatic carboxylic acids is 1. The van der Waals surface area contributed by atoms with Gasteiger partial charge in [0.1, 0.15) is 0 Å². The van der Waals surface area contributed by atoms with Gasteiger partial charge in [0.05, 0.1) is 17.9 Å². The first-order valence-electron chi connectivity index (χ1n) is 5.31. The van der Waals surface area contributed by atoms with Crippen LogP contribution in [0.15, 0.2) is 0 Å². The van der Waals surface area contributed by atoms with E-state index in [9.17, 15) is 22.8 Å². The fourth-order valence-corrected chi connectivity index (χ4v) is 2.60. The lowest BCUT2D eigenvalue weighted by Gasteiger charge is -2.26. The smallest absolute Gasteiger partial charge is 0.324 e. The second kappa shape index (κ2) is 5.80. The van der Waals surface area contributed by atoms with Crippen molar-refractivity contribution in [3.63, 3.8) is 0 Å². The van der Waals surface area contributed by atoms with E-state index in [-0.39, 0.29) is 37.4 Å². The van der Waals surface area contributed by atoms with Crippen molar-refractivity contribution in [1.82, 2.24) is 10.2 Å². The molecular weight excluding hydrogens is 264 g/mol. The van der Waals surface area contributed by atoms with Crippen molar-refractivity contribution < 1.29 is 27.9 Å². The molecule has 0 atom stereocenters. The monoisotopic (exact) mass is 278 g/mol. The van der Waals surface area contributed by atoms with Crippen molar-refractivity contribution in [2.24, 2.45) is 0 Å². The first-order chi connectivity index (χ1) is 8.30. The van der Waals surface area contributed by atoms with E-state index in [1.165, 1.54) is 4.90 Å². The summed E-state index contributed by atoms with van der Waals surface area (Å²) in [5.41, 5.74) is 0. The minimum Gasteiger partial charge on any atom is -0.481 e. The Bertz CT molecular complexity index is 444. The maximum atomic E-state index is 11.5. The summed E-state index contributed by atoms with van der Waals surface area (Å²) >= 11 is 0. The van der Waals surface area contributed by atoms with Crippen molar-refractivity contribution in [2.75, 3.05) is 24.6 Å². The number of carboxylic acid groups (broad SMARTS) is 1. The molecule has 0 bridgehead atoms. The Morgan fingerprint density at radius 2 is 1.67 bits per heavy atom. The van der Waals surface area contributed by atoms with Crippen LogP contribution in [0.2, 0.25) is 0 Å². The van der Waals surface area contributed by atoms with Gasteiger partial charge < -0.3 is 10.0 Å². The third-order valence-electron chi connectivity index (χ3n) is 2.44. The van der Waals surface area contributed by atoms with Crippen molar-refractivity contribution in [1.29, 1.82) is 0 Å². The topological polar surface area (TPSA) is 121 Å². The van der Waals surface area contributed by atoms with E-state index in [0.29, 0.717) is 0 Å². The van der Waals surface area contributed by atoms with Gasteiger partial charge in [-0.15, -0.1) is 0 Å². The van der Waals surface area contributed by atoms with Crippen LogP contribution in [0.1, 0.15) is 12.8 Å². The number of nitrogens with zero attached hydrogens (tertiary/aromatic N) is 1. The predicted octanol–water partition coefficient (Wildman–Crippen LogP) is -1.18. The Morgan fingerprint density at radius 1 is 1.11 bits per heavy atom. The Balaban J connectivity index is 2.37. The van der Waals surface area contributed by atoms with E-state index in [1.807, 2.05) is 5.32 Å². The van der Waals surface area contributed by atoms with Crippen LogP contribution in [0.5, 0.6) is 0 Å². The number of nitrogens with one attached hydrogen (secondary N) is 1. The van der Waals surface area contributed by atoms with Gasteiger partial charge in [-0.05, 0) is 0 Å². The van der Waals surface area contributed by atoms with Crippen molar-refractivity contribution in [2.45, 2.75) is 12.8 Å². The third kappa shape index (κ3) is 4.70. The molecule has 0 radical (unpaired) electrons. The highest BCUT2D eigenvalue weighted by molar-refractivity contribution is 7.91. The van der Waals surface area contributed by atoms with E-state index < -0.39 is 27.7 Å². The zero-order valence-electron chi connectivity index (χ0n) is 9.59. The SMILES string of the molecule is O=C(O)CCC(=O)NC(=O)N1CCS(=O)(=O)CC1. The zero-order chi connectivity index (χ0) is 13.8. The molecule has 1 fully saturated rings. The minimum atomic E-state index is -3.08. The van der Waals surface area contributed by atoms with Crippen LogP contribution in [0.25, 0.3) is 0 Å². The standard InChI is InChI=1S/C9H14N2O6S/c12-7(1-2-8(13)14)10-9(15)11-3-5-18(16,17)6-4-11/h1-6H2,(H,13,14)(H,10,12,15). The first kappa shape index (κ1) is 14.4. The molecule has 1 aliphatic heterocycles. The number of carbonyl (C=O) groups is 3. The highest BCUT2D eigenvalue weighted by Gasteiger charge is 2.25. The van der Waals surface area contributed by atoms with Crippen LogP contribution in [-0.4, -0.2) is 60.9 Å². The Morgan fingerprint density at radius 3 is 2.17 bits per heavy atom. The molecule has 2 N–H and O–H groups in total. The fourth-order valence-electron chi connectivity index (χ4n) is 1.40. The van der Waals surface area contributed by atoms with Crippen LogP contribution < -0.4 is 5.32 Å². The average molecular weight is 278 g/mol. The summed E-state index contributed by atoms with van der Waals surface area (Å²) in [5.74, 6) is -2.05. The van der Waals surface area contributed by atoms with Gasteiger partial charge >= 0.3 is 12.0 Å². The van der Waals surface area contributed by atoms with Crippen molar-refractivity contribution in [3.8, 4) is 0 Å². The van der Waals surface area contributed by atoms with Crippen LogP contribution in [0.4, 0.5) is 4.79 Å². The zero-order valence-corrected chi connectivity index (χ0v) is 10.4. The maximum absolute atomic E-state index is 11.5. The number of urea groups is 1. The summed E-state index contributed by atoms with van der Waals surface area (Å²) in [5, 5.41) is 10.4. The van der Waals surface area contributed by atoms with Gasteiger partial charge in [0.15, 0.2) is 9.84 Å². The maximum Gasteiger partial charge on any atom is 0.324 e. The highest BCUT2D eigenvalue weighted by atomic mass is 32.2. The molecular formula is C9H14N2O6S. The van der Waals surface area contributed by atoms with Crippen LogP contribution in [0, 0.1) is 0 Å². The summed E-state index contributed by atoms with van der Waals surface area (Å²) in [6.45, 7) is 0.0841. The molecule has 0 aromatic heterocycles. The van der Waals surface area contributed by atoms with Crippen molar-refractivity contribution in [3.05, 3.63) is 0 Å². The Hall–Kier alpha value is -1.64. The molecule has 1 heterocycles. The molecule has 0 spiro atoms. The van der Waals surface area contributed by atoms with Gasteiger partial charge in [-0.2, -0.15) is 0 Å². The summed E-state index contributed by atoms with van der Waals surface area (Å²) in [4.78, 5) is 34.1. The van der Waals surface area contributed by atoms with E-state index in [4.69, 9.17) is 5.11 Å². The summed E-state index contributed by atoms with van der Waals surface area (Å²) in [6.07, 6.45) is -0.638. The summed E-state index contributed by atoms with van der Waals surface area (Å²) in [7, 11) is -3.08. The van der Waals surface area contributed by atoms with E-state index >= 15 is 0 Å². The number of amides is 3. The number of hydrogen-bond acceptors (Lipinski definition) is 5. The second-order valence-corrected chi connectivity index (χ2v) is 6.19. The van der Waals surface area contributed by atoms with E-state index in [0.717, 1.165) is 0 Å². The summed E-state index contributed by atoms with van der Waals surface area (Å²) < 4.78 is 22.3. The fraction of sp³-hybridized carbons (Fsp3) is 0.667. The minimum absolute atomic E-state index is 0.0420. The molecule has 18 heavy (non-hydrogen) atoms. The molecule has 1 aliphatic rings. The van der Waals surface area contributed by atoms with Gasteiger partial charge in [0, 0.05) is 19.5 Å². The molecule has 3 amide bonds. The van der Waals surface area contributed by atoms with Gasteiger partial charge in [-0.25, -0.2) is 13.2 Å². The predicted molar refractivity (Wildman–Crippen MR) is 60.6 cm³/mol. The lowest BCUT2D eigenvalue weighted by Crippen LogP contribution is -2.49. The third-order valence-corrected chi connectivity index (χ3v) is 4.05. The first-order valence-corrected chi connectivity index (χ1v) is 7.13. The lowest BCUT2D eigenvalue weighted by molar-refractivity contribution is -0.138. The molecule has 102 valence electrons. The number of carbonyl (C=O) groups excluding carboxylic acids is 2. The molecule has 0 saturated carbocycles. The quantitative estimate of drug-likeness (QED) is 0.670. The Labute approximate surface area is 104 Å². The number of hydrogen-bond donors (Lipinski definition) is 2. The molecule has 0 aromatic carbocycles. The Kier molecular flexibility index (Phi) is 4.65. The highest BCUT2D eigenvalue weighted by Crippen LogP contribution is 2.03. The molecule has 1 saturated heterocycles. The van der Waals surface area contributed by atoms with Crippen LogP contribution in [-0.2, 0) is 19.4 Å². The van der Waals surface area contributed by atoms with Gasteiger partial charge in [-0.1, -0.05) is 0 Å². The molecule has 0 aromatic rings. The van der Waals surface area contributed by atoms with E-state index in [1.54, 1.807) is 0 Å². The van der Waals surface area contributed by atoms with Gasteiger partial charge in [-0.3, -0.25) is 14.9 Å². The molecule has 8 nitrogen and oxygen atoms in total. The second-order valence-electron chi connectivity index (χ2n) is 3.89. The molecule has 9 heteroatoms. The van der Waals surface area contributed by atoms with Gasteiger partial charge in [0.25, 0.3) is 0 Å². The van der Waals surface area contributed by atoms with Crippen LogP contribution >= 0.6 is 0 Å². The van der Waals surface area contributed by atoms with Crippen LogP contribution in [0.3, 0.4) is 0 Å². The molecule has 0 aliphatic carbocycles. The number of rotatable bonds is 3. The summed E-state index contributed by atoms with van der Waals surface area (Å²) in [6, 6.07) is -0.680. The number of imide groups is 1.